The third-order valence-corrected chi connectivity index (χ3v) is 2.14. The second-order valence-electron chi connectivity index (χ2n) is 2.37. The number of H-pyrrole nitrogens is 1. The zero-order valence-electron chi connectivity index (χ0n) is 6.55. The van der Waals surface area contributed by atoms with Gasteiger partial charge in [0.05, 0.1) is 5.56 Å². The van der Waals surface area contributed by atoms with Gasteiger partial charge in [0.15, 0.2) is 0 Å². The zero-order chi connectivity index (χ0) is 10.9. The van der Waals surface area contributed by atoms with Crippen LogP contribution in [-0.2, 0) is 0 Å². The molecule has 0 aliphatic rings. The third-order valence-electron chi connectivity index (χ3n) is 1.51. The first-order valence-electron chi connectivity index (χ1n) is 3.37. The van der Waals surface area contributed by atoms with E-state index in [1.54, 1.807) is 0 Å². The maximum absolute atomic E-state index is 12.2. The Hall–Kier alpha value is -1.24. The van der Waals surface area contributed by atoms with Gasteiger partial charge in [-0.25, -0.2) is 13.6 Å². The van der Waals surface area contributed by atoms with Crippen molar-refractivity contribution < 1.29 is 18.7 Å². The van der Waals surface area contributed by atoms with Gasteiger partial charge >= 0.3 is 5.97 Å². The number of aromatic amines is 1. The summed E-state index contributed by atoms with van der Waals surface area (Å²) < 4.78 is 24.2. The highest BCUT2D eigenvalue weighted by Crippen LogP contribution is 2.17. The summed E-state index contributed by atoms with van der Waals surface area (Å²) >= 11 is 2.75. The number of aromatic nitrogens is 1. The highest BCUT2D eigenvalue weighted by molar-refractivity contribution is 9.10. The molecule has 0 unspecified atom stereocenters. The monoisotopic (exact) mass is 267 g/mol. The first-order chi connectivity index (χ1) is 6.45. The number of carboxylic acid groups (broad SMARTS) is 1. The Morgan fingerprint density at radius 1 is 1.57 bits per heavy atom. The van der Waals surface area contributed by atoms with Crippen LogP contribution >= 0.6 is 15.9 Å². The summed E-state index contributed by atoms with van der Waals surface area (Å²) in [7, 11) is 0. The Morgan fingerprint density at radius 2 is 2.14 bits per heavy atom. The van der Waals surface area contributed by atoms with E-state index in [9.17, 15) is 18.4 Å². The van der Waals surface area contributed by atoms with Crippen LogP contribution in [-0.4, -0.2) is 16.1 Å². The van der Waals surface area contributed by atoms with Gasteiger partial charge in [-0.3, -0.25) is 4.79 Å². The number of carbonyl (C=O) groups is 1. The van der Waals surface area contributed by atoms with Crippen molar-refractivity contribution in [3.63, 3.8) is 0 Å². The lowest BCUT2D eigenvalue weighted by molar-refractivity contribution is 0.0693. The highest BCUT2D eigenvalue weighted by atomic mass is 79.9. The molecule has 0 saturated carbocycles. The normalized spacial score (nSPS) is 10.6. The topological polar surface area (TPSA) is 70.2 Å². The summed E-state index contributed by atoms with van der Waals surface area (Å²) in [6.45, 7) is 0. The van der Waals surface area contributed by atoms with Crippen LogP contribution in [0.4, 0.5) is 8.78 Å². The molecule has 0 fully saturated rings. The molecule has 0 saturated heterocycles. The van der Waals surface area contributed by atoms with Gasteiger partial charge in [-0.1, -0.05) is 0 Å². The number of pyridine rings is 1. The third kappa shape index (κ3) is 1.82. The van der Waals surface area contributed by atoms with Gasteiger partial charge in [0.25, 0.3) is 6.43 Å². The van der Waals surface area contributed by atoms with E-state index in [2.05, 4.69) is 20.9 Å². The molecular weight excluding hydrogens is 264 g/mol. The van der Waals surface area contributed by atoms with Gasteiger partial charge in [0.1, 0.15) is 10.2 Å². The highest BCUT2D eigenvalue weighted by Gasteiger charge is 2.20. The molecule has 0 spiro atoms. The van der Waals surface area contributed by atoms with E-state index in [4.69, 9.17) is 5.11 Å². The number of hydrogen-bond donors (Lipinski definition) is 2. The van der Waals surface area contributed by atoms with E-state index in [1.165, 1.54) is 0 Å². The Labute approximate surface area is 84.7 Å². The van der Waals surface area contributed by atoms with Crippen LogP contribution in [0, 0.1) is 0 Å². The molecule has 1 aromatic rings. The van der Waals surface area contributed by atoms with E-state index in [-0.39, 0.29) is 4.60 Å². The van der Waals surface area contributed by atoms with Crippen molar-refractivity contribution in [2.75, 3.05) is 0 Å². The molecule has 76 valence electrons. The number of rotatable bonds is 2. The number of alkyl halides is 2. The molecule has 7 heteroatoms. The number of aromatic carboxylic acids is 1. The average molecular weight is 268 g/mol. The minimum absolute atomic E-state index is 0.126. The van der Waals surface area contributed by atoms with Gasteiger partial charge in [0.2, 0.25) is 5.43 Å². The summed E-state index contributed by atoms with van der Waals surface area (Å²) in [4.78, 5) is 23.9. The molecule has 0 bridgehead atoms. The molecule has 0 amide bonds. The van der Waals surface area contributed by atoms with Crippen LogP contribution in [0.5, 0.6) is 0 Å². The van der Waals surface area contributed by atoms with Crippen molar-refractivity contribution in [2.45, 2.75) is 6.43 Å². The summed E-state index contributed by atoms with van der Waals surface area (Å²) in [5, 5.41) is 8.56. The van der Waals surface area contributed by atoms with Crippen LogP contribution < -0.4 is 5.43 Å². The molecule has 0 radical (unpaired) electrons. The van der Waals surface area contributed by atoms with Crippen LogP contribution in [0.25, 0.3) is 0 Å². The van der Waals surface area contributed by atoms with Gasteiger partial charge in [-0.15, -0.1) is 0 Å². The van der Waals surface area contributed by atoms with E-state index in [0.29, 0.717) is 0 Å². The molecule has 1 rings (SSSR count). The second-order valence-corrected chi connectivity index (χ2v) is 3.16. The molecule has 4 nitrogen and oxygen atoms in total. The standard InChI is InChI=1S/C7H4BrF2NO3/c8-5-3(7(13)14)4(12)2(1-11-5)6(9)10/h1,6H,(H,11,12)(H,13,14). The van der Waals surface area contributed by atoms with Crippen LogP contribution in [0.3, 0.4) is 0 Å². The molecule has 1 heterocycles. The van der Waals surface area contributed by atoms with E-state index in [0.717, 1.165) is 6.20 Å². The lowest BCUT2D eigenvalue weighted by atomic mass is 10.2. The van der Waals surface area contributed by atoms with E-state index < -0.39 is 29.0 Å². The summed E-state index contributed by atoms with van der Waals surface area (Å²) in [5.41, 5.74) is -2.76. The number of nitrogens with one attached hydrogen (secondary N) is 1. The van der Waals surface area contributed by atoms with Gasteiger partial charge in [-0.05, 0) is 15.9 Å². The first-order valence-corrected chi connectivity index (χ1v) is 4.17. The Morgan fingerprint density at radius 3 is 2.57 bits per heavy atom. The quantitative estimate of drug-likeness (QED) is 0.803. The minimum Gasteiger partial charge on any atom is -0.477 e. The maximum atomic E-state index is 12.2. The van der Waals surface area contributed by atoms with Crippen molar-refractivity contribution in [1.29, 1.82) is 0 Å². The second kappa shape index (κ2) is 3.87. The predicted molar refractivity (Wildman–Crippen MR) is 46.7 cm³/mol. The van der Waals surface area contributed by atoms with Crippen molar-refractivity contribution >= 4 is 21.9 Å². The van der Waals surface area contributed by atoms with Gasteiger partial charge in [-0.2, -0.15) is 0 Å². The molecule has 0 atom stereocenters. The molecule has 1 aromatic heterocycles. The fourth-order valence-electron chi connectivity index (χ4n) is 0.876. The molecule has 2 N–H and O–H groups in total. The largest absolute Gasteiger partial charge is 0.477 e. The van der Waals surface area contributed by atoms with Crippen LogP contribution in [0.1, 0.15) is 22.3 Å². The van der Waals surface area contributed by atoms with Crippen molar-refractivity contribution in [2.24, 2.45) is 0 Å². The molecule has 0 aliphatic heterocycles. The molecular formula is C7H4BrF2NO3. The Kier molecular flexibility index (Phi) is 3.00. The number of hydrogen-bond acceptors (Lipinski definition) is 2. The van der Waals surface area contributed by atoms with E-state index in [1.807, 2.05) is 0 Å². The Bertz CT molecular complexity index is 429. The van der Waals surface area contributed by atoms with Gasteiger partial charge < -0.3 is 10.1 Å². The maximum Gasteiger partial charge on any atom is 0.342 e. The Balaban J connectivity index is 3.50. The van der Waals surface area contributed by atoms with E-state index >= 15 is 0 Å². The SMILES string of the molecule is O=C(O)c1c(Br)[nH]cc(C(F)F)c1=O. The fraction of sp³-hybridized carbons (Fsp3) is 0.143. The number of carboxylic acids is 1. The predicted octanol–water partition coefficient (Wildman–Crippen LogP) is 1.77. The minimum atomic E-state index is -3.00. The van der Waals surface area contributed by atoms with Crippen molar-refractivity contribution in [3.05, 3.63) is 32.2 Å². The summed E-state index contributed by atoms with van der Waals surface area (Å²) in [6.07, 6.45) is -2.21. The van der Waals surface area contributed by atoms with Crippen molar-refractivity contribution in [1.82, 2.24) is 4.98 Å². The first kappa shape index (κ1) is 10.8. The zero-order valence-corrected chi connectivity index (χ0v) is 8.14. The summed E-state index contributed by atoms with van der Waals surface area (Å²) in [5.74, 6) is -1.55. The smallest absolute Gasteiger partial charge is 0.342 e. The van der Waals surface area contributed by atoms with Crippen molar-refractivity contribution in [3.8, 4) is 0 Å². The molecule has 0 aromatic carbocycles. The molecule has 14 heavy (non-hydrogen) atoms. The van der Waals surface area contributed by atoms with Crippen LogP contribution in [0.2, 0.25) is 0 Å². The number of halogens is 3. The summed E-state index contributed by atoms with van der Waals surface area (Å²) in [6, 6.07) is 0. The fourth-order valence-corrected chi connectivity index (χ4v) is 1.34. The van der Waals surface area contributed by atoms with Crippen LogP contribution in [0.15, 0.2) is 15.6 Å². The van der Waals surface area contributed by atoms with Gasteiger partial charge in [0, 0.05) is 6.20 Å². The lowest BCUT2D eigenvalue weighted by Gasteiger charge is -2.02. The average Bonchev–Trinajstić information content (AvgIpc) is 2.02. The molecule has 0 aliphatic carbocycles. The lowest BCUT2D eigenvalue weighted by Crippen LogP contribution is -2.20.